The number of benzene rings is 3. The Morgan fingerprint density at radius 3 is 2.07 bits per heavy atom. The van der Waals surface area contributed by atoms with E-state index in [0.717, 1.165) is 5.56 Å². The molecule has 0 aliphatic rings. The fourth-order valence-electron chi connectivity index (χ4n) is 2.43. The fourth-order valence-corrected chi connectivity index (χ4v) is 2.83. The molecule has 0 fully saturated rings. The van der Waals surface area contributed by atoms with Crippen molar-refractivity contribution in [3.8, 4) is 0 Å². The van der Waals surface area contributed by atoms with Crippen LogP contribution in [0.3, 0.4) is 0 Å². The topological polar surface area (TPSA) is 61.2 Å². The van der Waals surface area contributed by atoms with Gasteiger partial charge in [-0.15, -0.1) is 5.43 Å². The number of amides is 2. The molecular weight excluding hydrogens is 406 g/mol. The average Bonchev–Trinajstić information content (AvgIpc) is 2.69. The van der Waals surface area contributed by atoms with Crippen LogP contribution >= 0.6 is 16.1 Å². The standard InChI is InChI=1S/C21H16BrN3O2/c22-25(15-16-9-3-1-4-10-16)24-21(27)18-13-7-8-14-19(18)23-20(26)17-11-5-2-6-12-17/h1-15H,(H-,23,24,26,27)/p+1. The van der Waals surface area contributed by atoms with Crippen LogP contribution in [0.4, 0.5) is 5.69 Å². The van der Waals surface area contributed by atoms with Crippen LogP contribution in [0.1, 0.15) is 26.3 Å². The van der Waals surface area contributed by atoms with Crippen molar-refractivity contribution in [3.05, 3.63) is 102 Å². The zero-order valence-electron chi connectivity index (χ0n) is 14.3. The Kier molecular flexibility index (Phi) is 6.12. The van der Waals surface area contributed by atoms with E-state index in [-0.39, 0.29) is 11.8 Å². The van der Waals surface area contributed by atoms with Crippen LogP contribution in [0.25, 0.3) is 0 Å². The van der Waals surface area contributed by atoms with E-state index in [0.29, 0.717) is 16.8 Å². The third-order valence-electron chi connectivity index (χ3n) is 3.73. The molecule has 2 amide bonds. The molecule has 0 atom stereocenters. The van der Waals surface area contributed by atoms with Gasteiger partial charge in [0.05, 0.1) is 11.3 Å². The van der Waals surface area contributed by atoms with Gasteiger partial charge in [0.2, 0.25) is 6.21 Å². The second-order valence-corrected chi connectivity index (χ2v) is 6.42. The molecule has 0 aliphatic carbocycles. The van der Waals surface area contributed by atoms with Crippen LogP contribution < -0.4 is 10.7 Å². The monoisotopic (exact) mass is 422 g/mol. The van der Waals surface area contributed by atoms with E-state index in [1.807, 2.05) is 36.4 Å². The van der Waals surface area contributed by atoms with E-state index in [4.69, 9.17) is 0 Å². The molecule has 3 rings (SSSR count). The molecule has 0 saturated carbocycles. The Morgan fingerprint density at radius 1 is 0.778 bits per heavy atom. The number of carbonyl (C=O) groups is 2. The molecule has 0 radical (unpaired) electrons. The number of hydrogen-bond donors (Lipinski definition) is 2. The number of hydrazone groups is 1. The van der Waals surface area contributed by atoms with Gasteiger partial charge < -0.3 is 5.32 Å². The van der Waals surface area contributed by atoms with Crippen LogP contribution in [0.5, 0.6) is 0 Å². The first-order valence-corrected chi connectivity index (χ1v) is 8.96. The summed E-state index contributed by atoms with van der Waals surface area (Å²) < 4.78 is 1.40. The molecule has 2 N–H and O–H groups in total. The summed E-state index contributed by atoms with van der Waals surface area (Å²) in [5.74, 6) is -0.634. The third kappa shape index (κ3) is 5.12. The maximum Gasteiger partial charge on any atom is 0.360 e. The summed E-state index contributed by atoms with van der Waals surface area (Å²) in [7, 11) is 0. The van der Waals surface area contributed by atoms with Gasteiger partial charge in [0.15, 0.2) is 0 Å². The molecular formula is C21H17BrN3O2+. The minimum absolute atomic E-state index is 0.276. The summed E-state index contributed by atoms with van der Waals surface area (Å²) in [5.41, 5.74) is 4.93. The highest BCUT2D eigenvalue weighted by Gasteiger charge is 2.17. The van der Waals surface area contributed by atoms with Crippen molar-refractivity contribution >= 4 is 39.9 Å². The lowest BCUT2D eigenvalue weighted by Crippen LogP contribution is -2.30. The summed E-state index contributed by atoms with van der Waals surface area (Å²) in [6, 6.07) is 25.2. The Hall–Kier alpha value is -3.25. The van der Waals surface area contributed by atoms with Crippen molar-refractivity contribution in [1.82, 2.24) is 5.43 Å². The summed E-state index contributed by atoms with van der Waals surface area (Å²) >= 11 is 3.28. The highest BCUT2D eigenvalue weighted by atomic mass is 79.9. The largest absolute Gasteiger partial charge is 0.360 e. The smallest absolute Gasteiger partial charge is 0.321 e. The number of hydrogen-bond acceptors (Lipinski definition) is 2. The molecule has 5 nitrogen and oxygen atoms in total. The Bertz CT molecular complexity index is 973. The predicted molar refractivity (Wildman–Crippen MR) is 109 cm³/mol. The van der Waals surface area contributed by atoms with Gasteiger partial charge in [0, 0.05) is 11.1 Å². The molecule has 0 spiro atoms. The molecule has 0 unspecified atom stereocenters. The van der Waals surface area contributed by atoms with Crippen molar-refractivity contribution in [3.63, 3.8) is 0 Å². The van der Waals surface area contributed by atoms with Crippen LogP contribution in [0, 0.1) is 0 Å². The second kappa shape index (κ2) is 8.91. The maximum atomic E-state index is 12.6. The number of rotatable bonds is 5. The maximum absolute atomic E-state index is 12.6. The van der Waals surface area contributed by atoms with Crippen molar-refractivity contribution in [1.29, 1.82) is 0 Å². The minimum atomic E-state index is -0.358. The lowest BCUT2D eigenvalue weighted by atomic mass is 10.1. The molecule has 3 aromatic carbocycles. The van der Waals surface area contributed by atoms with Gasteiger partial charge in [-0.05, 0) is 40.1 Å². The van der Waals surface area contributed by atoms with Crippen LogP contribution in [-0.2, 0) is 0 Å². The number of nitrogens with zero attached hydrogens (tertiary/aromatic N) is 1. The van der Waals surface area contributed by atoms with E-state index in [1.54, 1.807) is 54.7 Å². The van der Waals surface area contributed by atoms with Crippen molar-refractivity contribution in [2.75, 3.05) is 5.32 Å². The van der Waals surface area contributed by atoms with E-state index in [1.165, 1.54) is 3.71 Å². The lowest BCUT2D eigenvalue weighted by Gasteiger charge is -2.09. The van der Waals surface area contributed by atoms with Gasteiger partial charge in [-0.1, -0.05) is 48.5 Å². The molecule has 0 aromatic heterocycles. The van der Waals surface area contributed by atoms with Gasteiger partial charge in [0.1, 0.15) is 0 Å². The number of hydrazine groups is 1. The quantitative estimate of drug-likeness (QED) is 0.370. The first-order chi connectivity index (χ1) is 13.1. The number of carbonyl (C=O) groups excluding carboxylic acids is 2. The average molecular weight is 423 g/mol. The van der Waals surface area contributed by atoms with E-state index < -0.39 is 0 Å². The zero-order valence-corrected chi connectivity index (χ0v) is 15.9. The summed E-state index contributed by atoms with van der Waals surface area (Å²) in [4.78, 5) is 25.0. The second-order valence-electron chi connectivity index (χ2n) is 5.66. The highest BCUT2D eigenvalue weighted by Crippen LogP contribution is 2.16. The SMILES string of the molecule is O=C(Nc1ccccc1C(=O)N[N+](Br)=Cc1ccccc1)c1ccccc1. The third-order valence-corrected chi connectivity index (χ3v) is 4.11. The molecule has 0 bridgehead atoms. The molecule has 6 heteroatoms. The first-order valence-electron chi connectivity index (χ1n) is 8.25. The number of nitrogens with one attached hydrogen (secondary N) is 2. The minimum Gasteiger partial charge on any atom is -0.321 e. The van der Waals surface area contributed by atoms with Gasteiger partial charge in [-0.3, -0.25) is 9.59 Å². The Labute approximate surface area is 165 Å². The molecule has 134 valence electrons. The number of halogens is 1. The van der Waals surface area contributed by atoms with Crippen LogP contribution in [0.15, 0.2) is 84.9 Å². The molecule has 0 heterocycles. The normalized spacial score (nSPS) is 10.9. The molecule has 27 heavy (non-hydrogen) atoms. The Balaban J connectivity index is 1.76. The number of para-hydroxylation sites is 1. The highest BCUT2D eigenvalue weighted by molar-refractivity contribution is 9.04. The van der Waals surface area contributed by atoms with E-state index in [2.05, 4.69) is 26.9 Å². The van der Waals surface area contributed by atoms with Gasteiger partial charge >= 0.3 is 22.1 Å². The molecule has 0 saturated heterocycles. The zero-order chi connectivity index (χ0) is 19.1. The first kappa shape index (κ1) is 18.5. The molecule has 0 aliphatic heterocycles. The van der Waals surface area contributed by atoms with Crippen molar-refractivity contribution in [2.45, 2.75) is 0 Å². The van der Waals surface area contributed by atoms with Crippen LogP contribution in [0.2, 0.25) is 0 Å². The van der Waals surface area contributed by atoms with Gasteiger partial charge in [-0.25, -0.2) is 0 Å². The Morgan fingerprint density at radius 2 is 1.37 bits per heavy atom. The molecule has 3 aromatic rings. The van der Waals surface area contributed by atoms with Crippen molar-refractivity contribution < 1.29 is 13.3 Å². The van der Waals surface area contributed by atoms with Gasteiger partial charge in [0.25, 0.3) is 5.91 Å². The lowest BCUT2D eigenvalue weighted by molar-refractivity contribution is -0.377. The van der Waals surface area contributed by atoms with Crippen LogP contribution in [-0.4, -0.2) is 21.7 Å². The summed E-state index contributed by atoms with van der Waals surface area (Å²) in [5, 5.41) is 2.79. The van der Waals surface area contributed by atoms with Gasteiger partial charge in [-0.2, -0.15) is 0 Å². The summed E-state index contributed by atoms with van der Waals surface area (Å²) in [6.07, 6.45) is 1.73. The number of anilines is 1. The van der Waals surface area contributed by atoms with E-state index >= 15 is 0 Å². The fraction of sp³-hybridized carbons (Fsp3) is 0. The van der Waals surface area contributed by atoms with E-state index in [9.17, 15) is 9.59 Å². The van der Waals surface area contributed by atoms with Crippen molar-refractivity contribution in [2.24, 2.45) is 0 Å². The predicted octanol–water partition coefficient (Wildman–Crippen LogP) is 4.03. The summed E-state index contributed by atoms with van der Waals surface area (Å²) in [6.45, 7) is 0.